The van der Waals surface area contributed by atoms with Crippen LogP contribution in [-0.2, 0) is 9.59 Å². The predicted molar refractivity (Wildman–Crippen MR) is 126 cm³/mol. The summed E-state index contributed by atoms with van der Waals surface area (Å²) in [7, 11) is 0. The molecule has 8 nitrogen and oxygen atoms in total. The fourth-order valence-electron chi connectivity index (χ4n) is 3.03. The quantitative estimate of drug-likeness (QED) is 0.408. The van der Waals surface area contributed by atoms with Gasteiger partial charge in [-0.3, -0.25) is 14.9 Å². The second kappa shape index (κ2) is 9.44. The van der Waals surface area contributed by atoms with Crippen molar-refractivity contribution in [3.05, 3.63) is 65.6 Å². The summed E-state index contributed by atoms with van der Waals surface area (Å²) >= 11 is 1.43. The first kappa shape index (κ1) is 21.3. The van der Waals surface area contributed by atoms with Gasteiger partial charge in [0.1, 0.15) is 5.75 Å². The normalized spacial score (nSPS) is 11.1. The van der Waals surface area contributed by atoms with Crippen LogP contribution in [0.1, 0.15) is 19.4 Å². The molecular formula is C23H21N5O3S. The molecule has 0 atom stereocenters. The van der Waals surface area contributed by atoms with Gasteiger partial charge in [0.2, 0.25) is 10.9 Å². The number of nitrogens with one attached hydrogen (secondary N) is 2. The average Bonchev–Trinajstić information content (AvgIpc) is 3.34. The van der Waals surface area contributed by atoms with Crippen LogP contribution in [0.5, 0.6) is 5.75 Å². The molecule has 2 aromatic carbocycles. The van der Waals surface area contributed by atoms with Gasteiger partial charge in [0.05, 0.1) is 12.3 Å². The van der Waals surface area contributed by atoms with Gasteiger partial charge in [0, 0.05) is 29.6 Å². The largest absolute Gasteiger partial charge is 0.494 e. The fraction of sp³-hybridized carbons (Fsp3) is 0.130. The SMILES string of the molecule is CCOc1ccc(/C=C/C(=O)Nc2nc3scc(-c4ccc(NC(C)=O)cc4)n3n2)cc1. The molecule has 0 aliphatic heterocycles. The summed E-state index contributed by atoms with van der Waals surface area (Å²) in [5.74, 6) is 0.577. The molecule has 4 aromatic rings. The third kappa shape index (κ3) is 5.01. The number of hydrogen-bond donors (Lipinski definition) is 2. The second-order valence-corrected chi connectivity index (χ2v) is 7.67. The number of ether oxygens (including phenoxy) is 1. The molecule has 2 N–H and O–H groups in total. The van der Waals surface area contributed by atoms with Crippen LogP contribution in [0, 0.1) is 0 Å². The monoisotopic (exact) mass is 447 g/mol. The first-order chi connectivity index (χ1) is 15.5. The Labute approximate surface area is 188 Å². The number of benzene rings is 2. The minimum absolute atomic E-state index is 0.121. The van der Waals surface area contributed by atoms with Crippen molar-refractivity contribution < 1.29 is 14.3 Å². The first-order valence-corrected chi connectivity index (χ1v) is 10.8. The topological polar surface area (TPSA) is 97.6 Å². The number of thiazole rings is 1. The van der Waals surface area contributed by atoms with E-state index in [2.05, 4.69) is 20.7 Å². The Balaban J connectivity index is 1.44. The smallest absolute Gasteiger partial charge is 0.250 e. The molecule has 0 aliphatic rings. The zero-order valence-electron chi connectivity index (χ0n) is 17.5. The van der Waals surface area contributed by atoms with E-state index in [-0.39, 0.29) is 17.8 Å². The summed E-state index contributed by atoms with van der Waals surface area (Å²) in [6.45, 7) is 4.00. The molecule has 0 unspecified atom stereocenters. The summed E-state index contributed by atoms with van der Waals surface area (Å²) in [5.41, 5.74) is 3.37. The summed E-state index contributed by atoms with van der Waals surface area (Å²) in [6.07, 6.45) is 3.15. The molecule has 0 saturated carbocycles. The van der Waals surface area contributed by atoms with Gasteiger partial charge in [-0.25, -0.2) is 4.52 Å². The van der Waals surface area contributed by atoms with E-state index in [0.717, 1.165) is 28.3 Å². The van der Waals surface area contributed by atoms with E-state index in [1.165, 1.54) is 24.3 Å². The number of fused-ring (bicyclic) bond motifs is 1. The van der Waals surface area contributed by atoms with Crippen molar-refractivity contribution in [2.75, 3.05) is 17.2 Å². The molecule has 0 saturated heterocycles. The van der Waals surface area contributed by atoms with Crippen LogP contribution in [0.4, 0.5) is 11.6 Å². The number of carbonyl (C=O) groups excluding carboxylic acids is 2. The molecule has 32 heavy (non-hydrogen) atoms. The van der Waals surface area contributed by atoms with Crippen LogP contribution in [0.3, 0.4) is 0 Å². The molecule has 2 heterocycles. The van der Waals surface area contributed by atoms with Crippen molar-refractivity contribution in [2.24, 2.45) is 0 Å². The highest BCUT2D eigenvalue weighted by Gasteiger charge is 2.13. The predicted octanol–water partition coefficient (Wildman–Crippen LogP) is 4.47. The average molecular weight is 448 g/mol. The van der Waals surface area contributed by atoms with Crippen molar-refractivity contribution in [1.29, 1.82) is 0 Å². The Bertz CT molecular complexity index is 1270. The van der Waals surface area contributed by atoms with E-state index in [1.54, 1.807) is 10.6 Å². The van der Waals surface area contributed by atoms with Crippen molar-refractivity contribution >= 4 is 45.8 Å². The highest BCUT2D eigenvalue weighted by Crippen LogP contribution is 2.27. The van der Waals surface area contributed by atoms with Gasteiger partial charge in [-0.05, 0) is 42.8 Å². The number of rotatable bonds is 7. The highest BCUT2D eigenvalue weighted by atomic mass is 32.1. The van der Waals surface area contributed by atoms with Crippen molar-refractivity contribution in [3.8, 4) is 17.0 Å². The lowest BCUT2D eigenvalue weighted by Gasteiger charge is -2.03. The minimum Gasteiger partial charge on any atom is -0.494 e. The number of aromatic nitrogens is 3. The third-order valence-corrected chi connectivity index (χ3v) is 5.25. The summed E-state index contributed by atoms with van der Waals surface area (Å²) < 4.78 is 7.10. The Morgan fingerprint density at radius 1 is 1.09 bits per heavy atom. The van der Waals surface area contributed by atoms with Crippen LogP contribution in [0.15, 0.2) is 60.0 Å². The molecule has 2 aromatic heterocycles. The maximum atomic E-state index is 12.3. The standard InChI is InChI=1S/C23H21N5O3S/c1-3-31-19-11-4-16(5-12-19)6-13-21(30)25-22-26-23-28(27-22)20(14-32-23)17-7-9-18(10-8-17)24-15(2)29/h4-14H,3H2,1-2H3,(H,24,29)(H,25,27,30)/b13-6+. The van der Waals surface area contributed by atoms with Crippen molar-refractivity contribution in [3.63, 3.8) is 0 Å². The van der Waals surface area contributed by atoms with Gasteiger partial charge in [0.15, 0.2) is 0 Å². The number of carbonyl (C=O) groups is 2. The van der Waals surface area contributed by atoms with Gasteiger partial charge >= 0.3 is 0 Å². The highest BCUT2D eigenvalue weighted by molar-refractivity contribution is 7.15. The van der Waals surface area contributed by atoms with Gasteiger partial charge in [0.25, 0.3) is 11.9 Å². The van der Waals surface area contributed by atoms with E-state index >= 15 is 0 Å². The molecular weight excluding hydrogens is 426 g/mol. The molecule has 2 amide bonds. The van der Waals surface area contributed by atoms with Crippen molar-refractivity contribution in [1.82, 2.24) is 14.6 Å². The third-order valence-electron chi connectivity index (χ3n) is 4.44. The second-order valence-electron chi connectivity index (χ2n) is 6.83. The zero-order valence-corrected chi connectivity index (χ0v) is 18.3. The Hall–Kier alpha value is -3.98. The summed E-state index contributed by atoms with van der Waals surface area (Å²) in [5, 5.41) is 11.8. The minimum atomic E-state index is -0.321. The number of nitrogens with zero attached hydrogens (tertiary/aromatic N) is 3. The Morgan fingerprint density at radius 3 is 2.53 bits per heavy atom. The fourth-order valence-corrected chi connectivity index (χ4v) is 3.86. The van der Waals surface area contributed by atoms with E-state index in [4.69, 9.17) is 4.74 Å². The lowest BCUT2D eigenvalue weighted by molar-refractivity contribution is -0.114. The van der Waals surface area contributed by atoms with E-state index in [0.29, 0.717) is 11.6 Å². The number of anilines is 2. The van der Waals surface area contributed by atoms with Crippen molar-refractivity contribution in [2.45, 2.75) is 13.8 Å². The number of amides is 2. The lowest BCUT2D eigenvalue weighted by Crippen LogP contribution is -2.09. The summed E-state index contributed by atoms with van der Waals surface area (Å²) in [6, 6.07) is 14.9. The Morgan fingerprint density at radius 2 is 1.84 bits per heavy atom. The van der Waals surface area contributed by atoms with Gasteiger partial charge in [-0.1, -0.05) is 24.3 Å². The zero-order chi connectivity index (χ0) is 22.5. The van der Waals surface area contributed by atoms with E-state index in [1.807, 2.05) is 60.8 Å². The molecule has 0 aliphatic carbocycles. The van der Waals surface area contributed by atoms with Crippen LogP contribution in [-0.4, -0.2) is 33.0 Å². The maximum absolute atomic E-state index is 12.3. The number of hydrogen-bond acceptors (Lipinski definition) is 6. The van der Waals surface area contributed by atoms with Crippen LogP contribution in [0.25, 0.3) is 22.3 Å². The Kier molecular flexibility index (Phi) is 6.27. The molecule has 9 heteroatoms. The van der Waals surface area contributed by atoms with Gasteiger partial charge < -0.3 is 10.1 Å². The molecule has 0 spiro atoms. The van der Waals surface area contributed by atoms with E-state index < -0.39 is 0 Å². The molecule has 0 bridgehead atoms. The lowest BCUT2D eigenvalue weighted by atomic mass is 10.1. The van der Waals surface area contributed by atoms with Crippen LogP contribution < -0.4 is 15.4 Å². The molecule has 4 rings (SSSR count). The van der Waals surface area contributed by atoms with Gasteiger partial charge in [-0.2, -0.15) is 4.98 Å². The van der Waals surface area contributed by atoms with Crippen LogP contribution in [0.2, 0.25) is 0 Å². The maximum Gasteiger partial charge on any atom is 0.250 e. The summed E-state index contributed by atoms with van der Waals surface area (Å²) in [4.78, 5) is 28.5. The molecule has 0 fully saturated rings. The first-order valence-electron chi connectivity index (χ1n) is 9.96. The molecule has 0 radical (unpaired) electrons. The van der Waals surface area contributed by atoms with Crippen LogP contribution >= 0.6 is 11.3 Å². The van der Waals surface area contributed by atoms with Gasteiger partial charge in [-0.15, -0.1) is 16.4 Å². The van der Waals surface area contributed by atoms with E-state index in [9.17, 15) is 9.59 Å². The molecule has 162 valence electrons.